The Morgan fingerprint density at radius 1 is 1.16 bits per heavy atom. The Hall–Kier alpha value is -2.73. The van der Waals surface area contributed by atoms with Gasteiger partial charge in [0.25, 0.3) is 0 Å². The van der Waals surface area contributed by atoms with E-state index in [-0.39, 0.29) is 5.75 Å². The first kappa shape index (κ1) is 28.3. The molecule has 3 fully saturated rings. The number of alkyl halides is 6. The molecule has 1 heterocycles. The van der Waals surface area contributed by atoms with Crippen LogP contribution in [0.15, 0.2) is 23.1 Å². The van der Waals surface area contributed by atoms with Crippen molar-refractivity contribution < 1.29 is 49.1 Å². The molecule has 0 aromatic heterocycles. The molecule has 8 nitrogen and oxygen atoms in total. The third-order valence-corrected chi connectivity index (χ3v) is 9.52. The largest absolute Gasteiger partial charge is 0.484 e. The van der Waals surface area contributed by atoms with Crippen LogP contribution in [0.3, 0.4) is 0 Å². The molecule has 1 aromatic rings. The van der Waals surface area contributed by atoms with Crippen LogP contribution in [0.25, 0.3) is 0 Å². The lowest BCUT2D eigenvalue weighted by Crippen LogP contribution is -2.53. The molecule has 0 spiro atoms. The number of rotatable bonds is 7. The zero-order valence-electron chi connectivity index (χ0n) is 19.3. The molecule has 2 atom stereocenters. The predicted molar refractivity (Wildman–Crippen MR) is 118 cm³/mol. The fourth-order valence-corrected chi connectivity index (χ4v) is 6.60. The van der Waals surface area contributed by atoms with Crippen LogP contribution in [0, 0.1) is 16.7 Å². The van der Waals surface area contributed by atoms with Gasteiger partial charge in [-0.05, 0) is 44.2 Å². The average molecular weight is 588 g/mol. The Labute approximate surface area is 217 Å². The maximum absolute atomic E-state index is 13.7. The molecule has 16 heteroatoms. The van der Waals surface area contributed by atoms with Gasteiger partial charge in [0.15, 0.2) is 16.4 Å². The molecule has 1 aliphatic heterocycles. The van der Waals surface area contributed by atoms with Crippen LogP contribution in [0.2, 0.25) is 5.02 Å². The van der Waals surface area contributed by atoms with E-state index in [1.165, 1.54) is 0 Å². The van der Waals surface area contributed by atoms with Gasteiger partial charge in [-0.3, -0.25) is 9.59 Å². The summed E-state index contributed by atoms with van der Waals surface area (Å²) in [7, 11) is -4.49. The van der Waals surface area contributed by atoms with Gasteiger partial charge < -0.3 is 15.0 Å². The molecule has 1 saturated heterocycles. The molecular formula is C22H20ClF6N3O5S. The van der Waals surface area contributed by atoms with E-state index in [0.29, 0.717) is 17.7 Å². The summed E-state index contributed by atoms with van der Waals surface area (Å²) in [5, 5.41) is 9.60. The van der Waals surface area contributed by atoms with Crippen molar-refractivity contribution in [3.8, 4) is 11.8 Å². The van der Waals surface area contributed by atoms with Gasteiger partial charge in [0.1, 0.15) is 22.7 Å². The number of likely N-dealkylation sites (tertiary alicyclic amines) is 1. The van der Waals surface area contributed by atoms with E-state index < -0.39 is 98.6 Å². The molecule has 2 amide bonds. The van der Waals surface area contributed by atoms with Gasteiger partial charge in [0.05, 0.1) is 21.2 Å². The first-order valence-corrected chi connectivity index (χ1v) is 13.2. The summed E-state index contributed by atoms with van der Waals surface area (Å²) < 4.78 is 110. The zero-order valence-corrected chi connectivity index (χ0v) is 20.9. The Morgan fingerprint density at radius 2 is 1.79 bits per heavy atom. The molecule has 2 saturated carbocycles. The van der Waals surface area contributed by atoms with Crippen LogP contribution in [0.1, 0.15) is 32.1 Å². The van der Waals surface area contributed by atoms with Crippen molar-refractivity contribution in [2.45, 2.75) is 66.2 Å². The summed E-state index contributed by atoms with van der Waals surface area (Å²) in [5.74, 6) is -2.75. The van der Waals surface area contributed by atoms with Gasteiger partial charge >= 0.3 is 12.4 Å². The molecular weight excluding hydrogens is 568 g/mol. The van der Waals surface area contributed by atoms with Crippen molar-refractivity contribution >= 4 is 33.3 Å². The van der Waals surface area contributed by atoms with E-state index in [1.807, 2.05) is 6.07 Å². The minimum atomic E-state index is -4.91. The summed E-state index contributed by atoms with van der Waals surface area (Å²) in [5.41, 5.74) is -3.94. The number of nitrogens with zero attached hydrogens (tertiary/aromatic N) is 2. The van der Waals surface area contributed by atoms with E-state index >= 15 is 0 Å². The second-order valence-corrected chi connectivity index (χ2v) is 12.2. The lowest BCUT2D eigenvalue weighted by atomic mass is 10.0. The molecule has 4 rings (SSSR count). The molecule has 2 aliphatic carbocycles. The van der Waals surface area contributed by atoms with Crippen LogP contribution in [-0.2, 0) is 19.4 Å². The van der Waals surface area contributed by atoms with Gasteiger partial charge in [0, 0.05) is 12.6 Å². The Balaban J connectivity index is 1.61. The van der Waals surface area contributed by atoms with Crippen molar-refractivity contribution in [3.05, 3.63) is 23.2 Å². The van der Waals surface area contributed by atoms with Crippen LogP contribution in [0.5, 0.6) is 5.75 Å². The van der Waals surface area contributed by atoms with E-state index in [4.69, 9.17) is 11.6 Å². The predicted octanol–water partition coefficient (Wildman–Crippen LogP) is 3.54. The number of nitrogens with one attached hydrogen (secondary N) is 1. The molecule has 3 aliphatic rings. The van der Waals surface area contributed by atoms with Crippen molar-refractivity contribution in [2.75, 3.05) is 13.2 Å². The second kappa shape index (κ2) is 9.18. The highest BCUT2D eigenvalue weighted by Crippen LogP contribution is 2.59. The summed E-state index contributed by atoms with van der Waals surface area (Å²) in [4.78, 5) is 26.1. The quantitative estimate of drug-likeness (QED) is 0.488. The number of carbonyl (C=O) groups is 2. The van der Waals surface area contributed by atoms with Crippen LogP contribution >= 0.6 is 11.6 Å². The number of ether oxygens (including phenoxy) is 1. The van der Waals surface area contributed by atoms with Gasteiger partial charge in [-0.25, -0.2) is 8.42 Å². The monoisotopic (exact) mass is 587 g/mol. The van der Waals surface area contributed by atoms with Gasteiger partial charge in [0.2, 0.25) is 11.8 Å². The highest BCUT2D eigenvalue weighted by Gasteiger charge is 2.70. The van der Waals surface area contributed by atoms with E-state index in [1.54, 1.807) is 0 Å². The molecule has 1 aromatic carbocycles. The lowest BCUT2D eigenvalue weighted by molar-refractivity contribution is -0.199. The van der Waals surface area contributed by atoms with Crippen molar-refractivity contribution in [1.82, 2.24) is 10.2 Å². The maximum Gasteiger partial charge on any atom is 0.422 e. The Kier molecular flexibility index (Phi) is 6.83. The van der Waals surface area contributed by atoms with Crippen molar-refractivity contribution in [3.63, 3.8) is 0 Å². The summed E-state index contributed by atoms with van der Waals surface area (Å²) in [6, 6.07) is 2.94. The number of halogens is 7. The second-order valence-electron chi connectivity index (χ2n) is 9.64. The fraction of sp³-hybridized carbons (Fsp3) is 0.591. The number of nitriles is 1. The van der Waals surface area contributed by atoms with Gasteiger partial charge in [-0.2, -0.15) is 31.6 Å². The number of amides is 2. The van der Waals surface area contributed by atoms with E-state index in [9.17, 15) is 49.6 Å². The van der Waals surface area contributed by atoms with E-state index in [0.717, 1.165) is 18.2 Å². The molecule has 0 bridgehead atoms. The molecule has 0 unspecified atom stereocenters. The highest BCUT2D eigenvalue weighted by molar-refractivity contribution is 7.92. The van der Waals surface area contributed by atoms with Crippen LogP contribution < -0.4 is 10.1 Å². The zero-order chi connectivity index (χ0) is 28.3. The number of sulfone groups is 1. The fourth-order valence-electron chi connectivity index (χ4n) is 4.37. The molecule has 0 radical (unpaired) electrons. The van der Waals surface area contributed by atoms with Crippen LogP contribution in [0.4, 0.5) is 26.3 Å². The highest BCUT2D eigenvalue weighted by atomic mass is 35.5. The van der Waals surface area contributed by atoms with Crippen LogP contribution in [-0.4, -0.2) is 67.5 Å². The van der Waals surface area contributed by atoms with Gasteiger partial charge in [-0.1, -0.05) is 11.6 Å². The standard InChI is InChI=1S/C22H20ClF6N3O5S/c23-14-7-12(37-11-21(24,25)26)1-2-16(14)38(35,36)13-8-15(17(33)31-19(10-30)3-4-19)32(9-13)18(34)20(5-6-20)22(27,28)29/h1-2,7,13,15H,3-6,8-9,11H2,(H,31,33)/t13-,15+/m1/s1. The van der Waals surface area contributed by atoms with Crippen molar-refractivity contribution in [2.24, 2.45) is 5.41 Å². The maximum atomic E-state index is 13.7. The van der Waals surface area contributed by atoms with Gasteiger partial charge in [-0.15, -0.1) is 0 Å². The minimum Gasteiger partial charge on any atom is -0.484 e. The number of hydrogen-bond acceptors (Lipinski definition) is 6. The van der Waals surface area contributed by atoms with E-state index in [2.05, 4.69) is 10.1 Å². The molecule has 208 valence electrons. The average Bonchev–Trinajstić information content (AvgIpc) is 3.73. The van der Waals surface area contributed by atoms with Crippen molar-refractivity contribution in [1.29, 1.82) is 5.26 Å². The third kappa shape index (κ3) is 5.25. The molecule has 1 N–H and O–H groups in total. The number of benzene rings is 1. The SMILES string of the molecule is N#CC1(NC(=O)[C@@H]2C[C@@H](S(=O)(=O)c3ccc(OCC(F)(F)F)cc3Cl)CN2C(=O)C2(C(F)(F)F)CC2)CC1. The summed E-state index contributed by atoms with van der Waals surface area (Å²) in [6.45, 7) is -2.41. The summed E-state index contributed by atoms with van der Waals surface area (Å²) in [6.07, 6.45) is -10.6. The number of hydrogen-bond donors (Lipinski definition) is 1. The smallest absolute Gasteiger partial charge is 0.422 e. The third-order valence-electron chi connectivity index (χ3n) is 6.91. The molecule has 38 heavy (non-hydrogen) atoms. The minimum absolute atomic E-state index is 0.294. The normalized spacial score (nSPS) is 23.9. The Morgan fingerprint density at radius 3 is 2.26 bits per heavy atom. The number of carbonyl (C=O) groups excluding carboxylic acids is 2. The Bertz CT molecular complexity index is 1300. The first-order chi connectivity index (χ1) is 17.4. The topological polar surface area (TPSA) is 117 Å². The first-order valence-electron chi connectivity index (χ1n) is 11.3. The lowest BCUT2D eigenvalue weighted by Gasteiger charge is -2.29. The summed E-state index contributed by atoms with van der Waals surface area (Å²) >= 11 is 6.01.